The molecule has 0 aliphatic rings. The summed E-state index contributed by atoms with van der Waals surface area (Å²) in [6.45, 7) is 1.56. The monoisotopic (exact) mass is 433 g/mol. The van der Waals surface area contributed by atoms with Gasteiger partial charge in [0.15, 0.2) is 6.61 Å². The van der Waals surface area contributed by atoms with E-state index in [9.17, 15) is 14.4 Å². The summed E-state index contributed by atoms with van der Waals surface area (Å²) < 4.78 is 6.07. The highest BCUT2D eigenvalue weighted by molar-refractivity contribution is 9.10. The summed E-state index contributed by atoms with van der Waals surface area (Å²) in [5.41, 5.74) is 7.02. The molecule has 8 heteroatoms. The highest BCUT2D eigenvalue weighted by Crippen LogP contribution is 2.20. The van der Waals surface area contributed by atoms with Crippen LogP contribution in [0.15, 0.2) is 46.9 Å². The summed E-state index contributed by atoms with van der Waals surface area (Å²) in [6, 6.07) is 11.8. The van der Waals surface area contributed by atoms with Gasteiger partial charge < -0.3 is 20.7 Å². The molecular weight excluding hydrogens is 414 g/mol. The number of anilines is 1. The number of primary amides is 1. The molecule has 0 saturated heterocycles. The molecule has 2 aromatic rings. The molecule has 0 aromatic heterocycles. The molecular formula is C19H20BrN3O4. The molecule has 7 nitrogen and oxygen atoms in total. The highest BCUT2D eigenvalue weighted by atomic mass is 79.9. The molecule has 0 bridgehead atoms. The molecule has 3 amide bonds. The number of halogens is 1. The van der Waals surface area contributed by atoms with Crippen molar-refractivity contribution < 1.29 is 19.1 Å². The predicted molar refractivity (Wildman–Crippen MR) is 106 cm³/mol. The number of carbonyl (C=O) groups is 3. The van der Waals surface area contributed by atoms with Gasteiger partial charge in [-0.2, -0.15) is 0 Å². The lowest BCUT2D eigenvalue weighted by molar-refractivity contribution is -0.120. The van der Waals surface area contributed by atoms with E-state index in [-0.39, 0.29) is 25.0 Å². The van der Waals surface area contributed by atoms with Gasteiger partial charge in [0.25, 0.3) is 11.8 Å². The fraction of sp³-hybridized carbons (Fsp3) is 0.211. The fourth-order valence-electron chi connectivity index (χ4n) is 2.31. The topological polar surface area (TPSA) is 102 Å². The first kappa shape index (κ1) is 20.4. The first-order chi connectivity index (χ1) is 12.8. The van der Waals surface area contributed by atoms with Crippen LogP contribution in [0.3, 0.4) is 0 Å². The fourth-order valence-corrected chi connectivity index (χ4v) is 2.79. The Morgan fingerprint density at radius 3 is 2.41 bits per heavy atom. The summed E-state index contributed by atoms with van der Waals surface area (Å²) in [6.07, 6.45) is 0. The van der Waals surface area contributed by atoms with Crippen LogP contribution in [0, 0.1) is 6.92 Å². The smallest absolute Gasteiger partial charge is 0.255 e. The normalized spacial score (nSPS) is 10.2. The van der Waals surface area contributed by atoms with E-state index in [1.54, 1.807) is 37.4 Å². The Kier molecular flexibility index (Phi) is 6.95. The molecule has 2 rings (SSSR count). The third-order valence-corrected chi connectivity index (χ3v) is 4.17. The van der Waals surface area contributed by atoms with Crippen LogP contribution in [-0.2, 0) is 9.59 Å². The summed E-state index contributed by atoms with van der Waals surface area (Å²) in [5.74, 6) is -0.754. The second-order valence-corrected chi connectivity index (χ2v) is 6.86. The first-order valence-electron chi connectivity index (χ1n) is 8.09. The lowest BCUT2D eigenvalue weighted by Crippen LogP contribution is -2.35. The molecule has 0 aliphatic heterocycles. The van der Waals surface area contributed by atoms with Crippen molar-refractivity contribution in [3.8, 4) is 5.75 Å². The van der Waals surface area contributed by atoms with Gasteiger partial charge in [0.1, 0.15) is 5.75 Å². The molecule has 0 unspecified atom stereocenters. The summed E-state index contributed by atoms with van der Waals surface area (Å²) >= 11 is 3.37. The number of rotatable bonds is 7. The maximum absolute atomic E-state index is 12.4. The van der Waals surface area contributed by atoms with Crippen LogP contribution < -0.4 is 15.8 Å². The Hall–Kier alpha value is -2.87. The number of likely N-dealkylation sites (N-methyl/N-ethyl adjacent to an activating group) is 1. The van der Waals surface area contributed by atoms with Crippen molar-refractivity contribution in [2.24, 2.45) is 5.73 Å². The highest BCUT2D eigenvalue weighted by Gasteiger charge is 2.16. The van der Waals surface area contributed by atoms with Gasteiger partial charge in [-0.15, -0.1) is 0 Å². The van der Waals surface area contributed by atoms with Gasteiger partial charge in [-0.25, -0.2) is 0 Å². The molecule has 0 atom stereocenters. The van der Waals surface area contributed by atoms with Gasteiger partial charge in [0.2, 0.25) is 5.91 Å². The Balaban J connectivity index is 1.94. The lowest BCUT2D eigenvalue weighted by Gasteiger charge is -2.17. The van der Waals surface area contributed by atoms with E-state index in [1.807, 2.05) is 19.1 Å². The number of ether oxygens (including phenoxy) is 1. The van der Waals surface area contributed by atoms with Crippen LogP contribution in [0.4, 0.5) is 5.69 Å². The van der Waals surface area contributed by atoms with E-state index < -0.39 is 5.91 Å². The van der Waals surface area contributed by atoms with Crippen molar-refractivity contribution in [3.05, 3.63) is 58.1 Å². The average Bonchev–Trinajstić information content (AvgIpc) is 2.62. The van der Waals surface area contributed by atoms with Crippen molar-refractivity contribution in [1.82, 2.24) is 4.90 Å². The first-order valence-corrected chi connectivity index (χ1v) is 8.88. The van der Waals surface area contributed by atoms with E-state index in [2.05, 4.69) is 21.2 Å². The minimum absolute atomic E-state index is 0.0890. The largest absolute Gasteiger partial charge is 0.484 e. The maximum Gasteiger partial charge on any atom is 0.255 e. The Bertz CT molecular complexity index is 853. The number of nitrogens with two attached hydrogens (primary N) is 1. The maximum atomic E-state index is 12.4. The van der Waals surface area contributed by atoms with Gasteiger partial charge in [-0.05, 0) is 55.0 Å². The van der Waals surface area contributed by atoms with Crippen molar-refractivity contribution in [1.29, 1.82) is 0 Å². The predicted octanol–water partition coefficient (Wildman–Crippen LogP) is 2.33. The van der Waals surface area contributed by atoms with Gasteiger partial charge in [0, 0.05) is 22.8 Å². The molecule has 0 fully saturated rings. The quantitative estimate of drug-likeness (QED) is 0.699. The van der Waals surface area contributed by atoms with E-state index in [0.717, 1.165) is 10.0 Å². The van der Waals surface area contributed by atoms with Gasteiger partial charge in [-0.3, -0.25) is 14.4 Å². The lowest BCUT2D eigenvalue weighted by atomic mass is 10.2. The van der Waals surface area contributed by atoms with E-state index in [1.165, 1.54) is 4.90 Å². The van der Waals surface area contributed by atoms with Crippen LogP contribution in [0.5, 0.6) is 5.75 Å². The minimum Gasteiger partial charge on any atom is -0.484 e. The average molecular weight is 434 g/mol. The molecule has 0 heterocycles. The van der Waals surface area contributed by atoms with E-state index >= 15 is 0 Å². The molecule has 2 aromatic carbocycles. The second-order valence-electron chi connectivity index (χ2n) is 5.95. The van der Waals surface area contributed by atoms with E-state index in [4.69, 9.17) is 10.5 Å². The molecule has 3 N–H and O–H groups in total. The molecule has 0 spiro atoms. The summed E-state index contributed by atoms with van der Waals surface area (Å²) in [7, 11) is 1.55. The van der Waals surface area contributed by atoms with Crippen LogP contribution >= 0.6 is 15.9 Å². The number of hydrogen-bond donors (Lipinski definition) is 2. The van der Waals surface area contributed by atoms with Crippen LogP contribution in [0.1, 0.15) is 15.9 Å². The van der Waals surface area contributed by atoms with Crippen LogP contribution in [0.2, 0.25) is 0 Å². The number of benzene rings is 2. The Morgan fingerprint density at radius 2 is 1.81 bits per heavy atom. The third-order valence-electron chi connectivity index (χ3n) is 3.67. The number of amides is 3. The Morgan fingerprint density at radius 1 is 1.15 bits per heavy atom. The number of nitrogens with one attached hydrogen (secondary N) is 1. The van der Waals surface area contributed by atoms with Crippen molar-refractivity contribution >= 4 is 39.3 Å². The SMILES string of the molecule is Cc1cc(Br)ccc1NC(=O)CN(C)C(=O)c1ccc(OCC(N)=O)cc1. The summed E-state index contributed by atoms with van der Waals surface area (Å²) in [5, 5.41) is 2.79. The molecule has 142 valence electrons. The zero-order chi connectivity index (χ0) is 20.0. The van der Waals surface area contributed by atoms with Crippen molar-refractivity contribution in [2.45, 2.75) is 6.92 Å². The van der Waals surface area contributed by atoms with E-state index in [0.29, 0.717) is 17.0 Å². The molecule has 0 radical (unpaired) electrons. The molecule has 27 heavy (non-hydrogen) atoms. The number of nitrogens with zero attached hydrogens (tertiary/aromatic N) is 1. The standard InChI is InChI=1S/C19H20BrN3O4/c1-12-9-14(20)5-8-16(12)22-18(25)10-23(2)19(26)13-3-6-15(7-4-13)27-11-17(21)24/h3-9H,10-11H2,1-2H3,(H2,21,24)(H,22,25). The minimum atomic E-state index is -0.582. The van der Waals surface area contributed by atoms with Crippen LogP contribution in [-0.4, -0.2) is 42.8 Å². The van der Waals surface area contributed by atoms with Crippen LogP contribution in [0.25, 0.3) is 0 Å². The number of carbonyl (C=O) groups excluding carboxylic acids is 3. The van der Waals surface area contributed by atoms with Gasteiger partial charge in [-0.1, -0.05) is 15.9 Å². The van der Waals surface area contributed by atoms with Gasteiger partial charge >= 0.3 is 0 Å². The van der Waals surface area contributed by atoms with Gasteiger partial charge in [0.05, 0.1) is 6.54 Å². The second kappa shape index (κ2) is 9.18. The zero-order valence-corrected chi connectivity index (χ0v) is 16.6. The van der Waals surface area contributed by atoms with Crippen molar-refractivity contribution in [2.75, 3.05) is 25.5 Å². The third kappa shape index (κ3) is 6.10. The molecule has 0 saturated carbocycles. The number of hydrogen-bond acceptors (Lipinski definition) is 4. The zero-order valence-electron chi connectivity index (χ0n) is 15.0. The number of aryl methyl sites for hydroxylation is 1. The molecule has 0 aliphatic carbocycles. The van der Waals surface area contributed by atoms with Crippen molar-refractivity contribution in [3.63, 3.8) is 0 Å². The Labute approximate surface area is 165 Å². The summed E-state index contributed by atoms with van der Waals surface area (Å²) in [4.78, 5) is 36.7.